The number of nitrogens with one attached hydrogen (secondary N) is 1. The molecule has 2 aromatic rings. The van der Waals surface area contributed by atoms with Gasteiger partial charge in [-0.05, 0) is 36.1 Å². The molecular formula is C17H20N2O. The highest BCUT2D eigenvalue weighted by Crippen LogP contribution is 2.15. The zero-order valence-electron chi connectivity index (χ0n) is 12.2. The number of anilines is 1. The van der Waals surface area contributed by atoms with Crippen molar-refractivity contribution in [2.75, 3.05) is 5.32 Å². The smallest absolute Gasteiger partial charge is 0.229 e. The van der Waals surface area contributed by atoms with Crippen molar-refractivity contribution in [1.82, 2.24) is 4.98 Å². The molecule has 20 heavy (non-hydrogen) atoms. The lowest BCUT2D eigenvalue weighted by Crippen LogP contribution is -2.15. The minimum atomic E-state index is -0.0413. The Balaban J connectivity index is 1.97. The molecule has 0 radical (unpaired) electrons. The van der Waals surface area contributed by atoms with E-state index >= 15 is 0 Å². The normalized spacial score (nSPS) is 10.6. The summed E-state index contributed by atoms with van der Waals surface area (Å²) in [6.45, 7) is 6.22. The first kappa shape index (κ1) is 14.3. The molecule has 0 aliphatic rings. The molecule has 1 aromatic carbocycles. The van der Waals surface area contributed by atoms with Gasteiger partial charge in [0.1, 0.15) is 5.82 Å². The molecule has 1 N–H and O–H groups in total. The summed E-state index contributed by atoms with van der Waals surface area (Å²) < 4.78 is 0. The van der Waals surface area contributed by atoms with E-state index in [2.05, 4.69) is 36.3 Å². The molecule has 0 spiro atoms. The van der Waals surface area contributed by atoms with Crippen LogP contribution < -0.4 is 5.32 Å². The summed E-state index contributed by atoms with van der Waals surface area (Å²) in [6.07, 6.45) is 0.369. The van der Waals surface area contributed by atoms with E-state index in [1.54, 1.807) is 6.07 Å². The zero-order chi connectivity index (χ0) is 14.5. The Morgan fingerprint density at radius 1 is 1.15 bits per heavy atom. The van der Waals surface area contributed by atoms with Gasteiger partial charge in [0.2, 0.25) is 5.91 Å². The van der Waals surface area contributed by atoms with Gasteiger partial charge in [-0.15, -0.1) is 0 Å². The molecule has 2 rings (SSSR count). The fourth-order valence-corrected chi connectivity index (χ4v) is 2.01. The number of hydrogen-bond acceptors (Lipinski definition) is 2. The number of aryl methyl sites for hydroxylation is 1. The van der Waals surface area contributed by atoms with E-state index in [4.69, 9.17) is 0 Å². The van der Waals surface area contributed by atoms with Crippen LogP contribution in [0.15, 0.2) is 42.5 Å². The fourth-order valence-electron chi connectivity index (χ4n) is 2.01. The molecule has 0 atom stereocenters. The third-order valence-corrected chi connectivity index (χ3v) is 3.17. The van der Waals surface area contributed by atoms with Crippen LogP contribution in [0.25, 0.3) is 0 Å². The number of carbonyl (C=O) groups excluding carboxylic acids is 1. The number of benzene rings is 1. The molecule has 0 aliphatic carbocycles. The lowest BCUT2D eigenvalue weighted by molar-refractivity contribution is -0.115. The summed E-state index contributed by atoms with van der Waals surface area (Å²) in [5, 5.41) is 2.82. The summed E-state index contributed by atoms with van der Waals surface area (Å²) >= 11 is 0. The second-order valence-corrected chi connectivity index (χ2v) is 5.29. The summed E-state index contributed by atoms with van der Waals surface area (Å²) in [6, 6.07) is 13.8. The van der Waals surface area contributed by atoms with E-state index in [-0.39, 0.29) is 5.91 Å². The molecule has 1 amide bonds. The first-order chi connectivity index (χ1) is 9.54. The molecule has 1 aromatic heterocycles. The maximum atomic E-state index is 12.0. The van der Waals surface area contributed by atoms with Gasteiger partial charge >= 0.3 is 0 Å². The molecule has 0 unspecified atom stereocenters. The van der Waals surface area contributed by atoms with Crippen LogP contribution in [0.4, 0.5) is 5.82 Å². The Bertz CT molecular complexity index is 588. The molecule has 1 heterocycles. The van der Waals surface area contributed by atoms with Gasteiger partial charge in [-0.25, -0.2) is 4.98 Å². The van der Waals surface area contributed by atoms with Gasteiger partial charge in [-0.1, -0.05) is 44.2 Å². The van der Waals surface area contributed by atoms with E-state index < -0.39 is 0 Å². The number of hydrogen-bond donors (Lipinski definition) is 1. The van der Waals surface area contributed by atoms with Crippen LogP contribution in [-0.4, -0.2) is 10.9 Å². The van der Waals surface area contributed by atoms with Crippen molar-refractivity contribution >= 4 is 11.7 Å². The molecule has 0 fully saturated rings. The lowest BCUT2D eigenvalue weighted by atomic mass is 10.0. The van der Waals surface area contributed by atoms with Crippen molar-refractivity contribution in [1.29, 1.82) is 0 Å². The highest BCUT2D eigenvalue weighted by Gasteiger charge is 2.06. The second kappa shape index (κ2) is 6.33. The molecule has 104 valence electrons. The van der Waals surface area contributed by atoms with E-state index in [9.17, 15) is 4.79 Å². The summed E-state index contributed by atoms with van der Waals surface area (Å²) in [4.78, 5) is 16.2. The van der Waals surface area contributed by atoms with E-state index in [1.165, 1.54) is 5.56 Å². The van der Waals surface area contributed by atoms with Crippen molar-refractivity contribution < 1.29 is 4.79 Å². The quantitative estimate of drug-likeness (QED) is 0.918. The number of nitrogens with zero attached hydrogens (tertiary/aromatic N) is 1. The third kappa shape index (κ3) is 3.92. The van der Waals surface area contributed by atoms with Crippen molar-refractivity contribution in [3.05, 3.63) is 59.3 Å². The third-order valence-electron chi connectivity index (χ3n) is 3.17. The topological polar surface area (TPSA) is 42.0 Å². The molecule has 0 aliphatic heterocycles. The summed E-state index contributed by atoms with van der Waals surface area (Å²) in [5.41, 5.74) is 3.19. The first-order valence-corrected chi connectivity index (χ1v) is 6.87. The average Bonchev–Trinajstić information content (AvgIpc) is 2.39. The van der Waals surface area contributed by atoms with Crippen molar-refractivity contribution in [3.63, 3.8) is 0 Å². The molecule has 3 nitrogen and oxygen atoms in total. The summed E-state index contributed by atoms with van der Waals surface area (Å²) in [7, 11) is 0. The van der Waals surface area contributed by atoms with Gasteiger partial charge in [0.25, 0.3) is 0 Å². The zero-order valence-corrected chi connectivity index (χ0v) is 12.2. The Labute approximate surface area is 120 Å². The average molecular weight is 268 g/mol. The minimum absolute atomic E-state index is 0.0413. The molecular weight excluding hydrogens is 248 g/mol. The highest BCUT2D eigenvalue weighted by atomic mass is 16.1. The van der Waals surface area contributed by atoms with Crippen LogP contribution in [0.3, 0.4) is 0 Å². The first-order valence-electron chi connectivity index (χ1n) is 6.87. The SMILES string of the molecule is Cc1cccc(NC(=O)Cc2ccc(C(C)C)cc2)n1. The second-order valence-electron chi connectivity index (χ2n) is 5.29. The van der Waals surface area contributed by atoms with E-state index in [0.29, 0.717) is 18.2 Å². The van der Waals surface area contributed by atoms with Gasteiger partial charge in [-0.2, -0.15) is 0 Å². The maximum Gasteiger partial charge on any atom is 0.229 e. The van der Waals surface area contributed by atoms with Gasteiger partial charge in [0.15, 0.2) is 0 Å². The van der Waals surface area contributed by atoms with Crippen LogP contribution in [0.1, 0.15) is 36.6 Å². The fraction of sp³-hybridized carbons (Fsp3) is 0.294. The Kier molecular flexibility index (Phi) is 4.51. The van der Waals surface area contributed by atoms with Gasteiger partial charge in [0, 0.05) is 5.69 Å². The van der Waals surface area contributed by atoms with Gasteiger partial charge in [-0.3, -0.25) is 4.79 Å². The largest absolute Gasteiger partial charge is 0.310 e. The molecule has 0 saturated heterocycles. The lowest BCUT2D eigenvalue weighted by Gasteiger charge is -2.08. The minimum Gasteiger partial charge on any atom is -0.310 e. The number of rotatable bonds is 4. The van der Waals surface area contributed by atoms with Crippen molar-refractivity contribution in [2.45, 2.75) is 33.1 Å². The standard InChI is InChI=1S/C17H20N2O/c1-12(2)15-9-7-14(8-10-15)11-17(20)19-16-6-4-5-13(3)18-16/h4-10,12H,11H2,1-3H3,(H,18,19,20). The van der Waals surface area contributed by atoms with E-state index in [1.807, 2.05) is 31.2 Å². The predicted octanol–water partition coefficient (Wildman–Crippen LogP) is 3.69. The predicted molar refractivity (Wildman–Crippen MR) is 81.8 cm³/mol. The maximum absolute atomic E-state index is 12.0. The number of pyridine rings is 1. The molecule has 3 heteroatoms. The van der Waals surface area contributed by atoms with Gasteiger partial charge in [0.05, 0.1) is 6.42 Å². The Hall–Kier alpha value is -2.16. The Morgan fingerprint density at radius 2 is 1.85 bits per heavy atom. The monoisotopic (exact) mass is 268 g/mol. The summed E-state index contributed by atoms with van der Waals surface area (Å²) in [5.74, 6) is 1.07. The van der Waals surface area contributed by atoms with Crippen LogP contribution in [0.2, 0.25) is 0 Å². The van der Waals surface area contributed by atoms with Gasteiger partial charge < -0.3 is 5.32 Å². The Morgan fingerprint density at radius 3 is 2.45 bits per heavy atom. The highest BCUT2D eigenvalue weighted by molar-refractivity contribution is 5.91. The molecule has 0 bridgehead atoms. The van der Waals surface area contributed by atoms with Crippen LogP contribution >= 0.6 is 0 Å². The van der Waals surface area contributed by atoms with Crippen LogP contribution in [0, 0.1) is 6.92 Å². The molecule has 0 saturated carbocycles. The number of aromatic nitrogens is 1. The van der Waals surface area contributed by atoms with Crippen molar-refractivity contribution in [3.8, 4) is 0 Å². The van der Waals surface area contributed by atoms with Crippen LogP contribution in [-0.2, 0) is 11.2 Å². The van der Waals surface area contributed by atoms with Crippen molar-refractivity contribution in [2.24, 2.45) is 0 Å². The number of carbonyl (C=O) groups is 1. The van der Waals surface area contributed by atoms with E-state index in [0.717, 1.165) is 11.3 Å². The number of amides is 1. The van der Waals surface area contributed by atoms with Crippen LogP contribution in [0.5, 0.6) is 0 Å².